The summed E-state index contributed by atoms with van der Waals surface area (Å²) in [4.78, 5) is 54.6. The molecule has 1 amide bonds. The number of aliphatic carboxylic acids is 1. The van der Waals surface area contributed by atoms with Gasteiger partial charge in [-0.1, -0.05) is 17.2 Å². The van der Waals surface area contributed by atoms with Crippen molar-refractivity contribution < 1.29 is 38.9 Å². The first kappa shape index (κ1) is 29.7. The zero-order valence-corrected chi connectivity index (χ0v) is 20.2. The number of hydrogen-bond acceptors (Lipinski definition) is 9. The Morgan fingerprint density at radius 1 is 1.34 bits per heavy atom. The molecule has 0 aliphatic carbocycles. The maximum Gasteiger partial charge on any atom is 0.371 e. The topological polar surface area (TPSA) is 220 Å². The molecule has 3 rings (SSSR count). The number of carboxylic acids is 1. The van der Waals surface area contributed by atoms with E-state index in [1.165, 1.54) is 42.1 Å². The molecule has 0 bridgehead atoms. The van der Waals surface area contributed by atoms with Gasteiger partial charge in [0.05, 0.1) is 38.5 Å². The summed E-state index contributed by atoms with van der Waals surface area (Å²) >= 11 is 0. The Labute approximate surface area is 213 Å². The average Bonchev–Trinajstić information content (AvgIpc) is 3.29. The number of aliphatic hydroxyl groups excluding tert-OH is 2. The van der Waals surface area contributed by atoms with Crippen LogP contribution in [0.5, 0.6) is 0 Å². The molecule has 1 aliphatic heterocycles. The van der Waals surface area contributed by atoms with Crippen molar-refractivity contribution in [3.8, 4) is 0 Å². The van der Waals surface area contributed by atoms with Crippen molar-refractivity contribution in [2.45, 2.75) is 38.3 Å². The Morgan fingerprint density at radius 3 is 2.55 bits per heavy atom. The van der Waals surface area contributed by atoms with Crippen LogP contribution in [-0.4, -0.2) is 67.7 Å². The highest BCUT2D eigenvalue weighted by Gasteiger charge is 2.35. The molecule has 1 fully saturated rings. The van der Waals surface area contributed by atoms with E-state index < -0.39 is 53.1 Å². The average molecular weight is 536 g/mol. The number of azide groups is 1. The van der Waals surface area contributed by atoms with E-state index in [-0.39, 0.29) is 19.6 Å². The molecule has 2 heterocycles. The second kappa shape index (κ2) is 13.7. The molecular weight excluding hydrogens is 511 g/mol. The Kier molecular flexibility index (Phi) is 10.7. The van der Waals surface area contributed by atoms with Crippen LogP contribution in [0.2, 0.25) is 0 Å². The van der Waals surface area contributed by atoms with Gasteiger partial charge in [-0.15, -0.1) is 0 Å². The van der Waals surface area contributed by atoms with E-state index >= 15 is 0 Å². The van der Waals surface area contributed by atoms with Crippen molar-refractivity contribution in [2.75, 3.05) is 13.7 Å². The monoisotopic (exact) mass is 536 g/mol. The maximum absolute atomic E-state index is 12.7. The van der Waals surface area contributed by atoms with Crippen molar-refractivity contribution in [3.05, 3.63) is 90.5 Å². The predicted octanol–water partition coefficient (Wildman–Crippen LogP) is 1.05. The number of nitrogens with one attached hydrogen (secondary N) is 1. The molecule has 3 atom stereocenters. The lowest BCUT2D eigenvalue weighted by Gasteiger charge is -2.17. The summed E-state index contributed by atoms with van der Waals surface area (Å²) in [6.45, 7) is 1.24. The molecule has 15 nitrogen and oxygen atoms in total. The highest BCUT2D eigenvalue weighted by molar-refractivity contribution is 5.95. The first-order chi connectivity index (χ1) is 18.0. The van der Waals surface area contributed by atoms with E-state index in [1.807, 2.05) is 0 Å². The summed E-state index contributed by atoms with van der Waals surface area (Å²) in [6, 6.07) is 4.81. The van der Waals surface area contributed by atoms with Gasteiger partial charge in [-0.3, -0.25) is 24.0 Å². The van der Waals surface area contributed by atoms with Gasteiger partial charge in [-0.05, 0) is 30.2 Å². The minimum absolute atomic E-state index is 0.0149. The van der Waals surface area contributed by atoms with Crippen LogP contribution >= 0.6 is 0 Å². The van der Waals surface area contributed by atoms with Gasteiger partial charge in [0, 0.05) is 23.1 Å². The van der Waals surface area contributed by atoms with Crippen LogP contribution in [0.3, 0.4) is 0 Å². The van der Waals surface area contributed by atoms with Crippen LogP contribution in [0.15, 0.2) is 57.0 Å². The zero-order valence-electron chi connectivity index (χ0n) is 20.2. The number of aryl methyl sites for hydroxylation is 1. The normalized spacial score (nSPS) is 18.6. The molecule has 2 aromatic rings. The molecule has 0 saturated carbocycles. The van der Waals surface area contributed by atoms with Crippen LogP contribution in [0.25, 0.3) is 10.4 Å². The van der Waals surface area contributed by atoms with Gasteiger partial charge in [-0.2, -0.15) is 0 Å². The summed E-state index contributed by atoms with van der Waals surface area (Å²) in [7, 11) is 1.22. The number of aromatic nitrogens is 2. The number of H-pyrrole nitrogens is 1. The Morgan fingerprint density at radius 2 is 2.00 bits per heavy atom. The van der Waals surface area contributed by atoms with Crippen molar-refractivity contribution >= 4 is 11.9 Å². The SMILES string of the molecule is CON(Cc1ccc(F)cc1)C(=O)/C=C(\O)C(=O)O.Cc1cn([C@H]2C[C@H](N=[N+]=[N-])[C@@H](CO)O2)c(=O)[nH]c1=O. The highest BCUT2D eigenvalue weighted by Crippen LogP contribution is 2.29. The Hall–Kier alpha value is -4.50. The van der Waals surface area contributed by atoms with Gasteiger partial charge >= 0.3 is 11.7 Å². The molecular formula is C22H25FN6O9. The number of aliphatic hydroxyl groups is 2. The third-order valence-corrected chi connectivity index (χ3v) is 5.23. The van der Waals surface area contributed by atoms with E-state index in [1.54, 1.807) is 6.92 Å². The number of rotatable bonds is 8. The number of amides is 1. The third kappa shape index (κ3) is 8.01. The largest absolute Gasteiger partial charge is 0.502 e. The van der Waals surface area contributed by atoms with Gasteiger partial charge in [0.2, 0.25) is 5.76 Å². The second-order valence-corrected chi connectivity index (χ2v) is 7.82. The van der Waals surface area contributed by atoms with Crippen LogP contribution in [0.1, 0.15) is 23.8 Å². The van der Waals surface area contributed by atoms with Gasteiger partial charge in [-0.25, -0.2) is 19.0 Å². The van der Waals surface area contributed by atoms with Crippen LogP contribution in [0, 0.1) is 12.7 Å². The minimum Gasteiger partial charge on any atom is -0.502 e. The maximum atomic E-state index is 12.7. The summed E-state index contributed by atoms with van der Waals surface area (Å²) in [5.74, 6) is -3.97. The van der Waals surface area contributed by atoms with E-state index in [9.17, 15) is 23.6 Å². The predicted molar refractivity (Wildman–Crippen MR) is 127 cm³/mol. The molecule has 204 valence electrons. The first-order valence-corrected chi connectivity index (χ1v) is 10.9. The number of halogens is 1. The van der Waals surface area contributed by atoms with Gasteiger partial charge in [0.25, 0.3) is 11.5 Å². The van der Waals surface area contributed by atoms with Gasteiger partial charge < -0.3 is 20.1 Å². The molecule has 16 heteroatoms. The minimum atomic E-state index is -1.62. The van der Waals surface area contributed by atoms with Crippen LogP contribution in [-0.2, 0) is 25.7 Å². The smallest absolute Gasteiger partial charge is 0.371 e. The lowest BCUT2D eigenvalue weighted by Crippen LogP contribution is -2.33. The quantitative estimate of drug-likeness (QED) is 0.0944. The number of benzene rings is 1. The third-order valence-electron chi connectivity index (χ3n) is 5.23. The summed E-state index contributed by atoms with van der Waals surface area (Å²) in [5, 5.41) is 30.9. The van der Waals surface area contributed by atoms with Gasteiger partial charge in [0.15, 0.2) is 0 Å². The van der Waals surface area contributed by atoms with Crippen molar-refractivity contribution in [1.29, 1.82) is 0 Å². The van der Waals surface area contributed by atoms with E-state index in [4.69, 9.17) is 30.4 Å². The van der Waals surface area contributed by atoms with Gasteiger partial charge in [0.1, 0.15) is 12.0 Å². The second-order valence-electron chi connectivity index (χ2n) is 7.82. The van der Waals surface area contributed by atoms with Crippen LogP contribution < -0.4 is 11.2 Å². The standard InChI is InChI=1S/C12H12FNO5.C10H13N5O4/c1-19-14(11(16)6-10(15)12(17)18)7-8-2-4-9(13)5-3-8;1-5-3-15(10(18)12-9(5)17)8-2-6(13-14-11)7(4-16)19-8/h2-6,15H,7H2,1H3,(H,17,18);3,6-8,16H,2,4H2,1H3,(H,12,17,18)/b10-6-;/t;6-,7+,8+/m.0/s1. The number of ether oxygens (including phenoxy) is 1. The molecule has 0 radical (unpaired) electrons. The van der Waals surface area contributed by atoms with E-state index in [2.05, 4.69) is 15.0 Å². The fraction of sp³-hybridized carbons (Fsp3) is 0.364. The fourth-order valence-electron chi connectivity index (χ4n) is 3.28. The number of hydroxylamine groups is 2. The first-order valence-electron chi connectivity index (χ1n) is 10.9. The molecule has 38 heavy (non-hydrogen) atoms. The lowest BCUT2D eigenvalue weighted by molar-refractivity contribution is -0.173. The molecule has 0 unspecified atom stereocenters. The Balaban J connectivity index is 0.000000267. The van der Waals surface area contributed by atoms with Crippen LogP contribution in [0.4, 0.5) is 4.39 Å². The lowest BCUT2D eigenvalue weighted by atomic mass is 10.1. The number of nitrogens with zero attached hydrogens (tertiary/aromatic N) is 5. The number of aromatic amines is 1. The van der Waals surface area contributed by atoms with E-state index in [0.717, 1.165) is 5.06 Å². The fourth-order valence-corrected chi connectivity index (χ4v) is 3.28. The zero-order chi connectivity index (χ0) is 28.4. The summed E-state index contributed by atoms with van der Waals surface area (Å²) in [6.07, 6.45) is 0.852. The molecule has 1 saturated heterocycles. The van der Waals surface area contributed by atoms with Crippen molar-refractivity contribution in [3.63, 3.8) is 0 Å². The number of carboxylic acid groups (broad SMARTS) is 1. The summed E-state index contributed by atoms with van der Waals surface area (Å²) in [5.41, 5.74) is 8.34. The van der Waals surface area contributed by atoms with E-state index in [0.29, 0.717) is 17.2 Å². The molecule has 1 aromatic carbocycles. The van der Waals surface area contributed by atoms with Crippen molar-refractivity contribution in [1.82, 2.24) is 14.6 Å². The Bertz CT molecular complexity index is 1330. The number of hydrogen-bond donors (Lipinski definition) is 4. The molecule has 4 N–H and O–H groups in total. The molecule has 1 aromatic heterocycles. The number of carbonyl (C=O) groups excluding carboxylic acids is 1. The summed E-state index contributed by atoms with van der Waals surface area (Å²) < 4.78 is 19.4. The van der Waals surface area contributed by atoms with Crippen molar-refractivity contribution in [2.24, 2.45) is 5.11 Å². The molecule has 0 spiro atoms. The number of carbonyl (C=O) groups is 2. The highest BCUT2D eigenvalue weighted by atomic mass is 19.1. The molecule has 1 aliphatic rings.